The molecule has 0 spiro atoms. The predicted molar refractivity (Wildman–Crippen MR) is 75.7 cm³/mol. The first kappa shape index (κ1) is 10.4. The van der Waals surface area contributed by atoms with Gasteiger partial charge in [-0.05, 0) is 36.0 Å². The second kappa shape index (κ2) is 3.98. The van der Waals surface area contributed by atoms with Crippen molar-refractivity contribution in [2.24, 2.45) is 0 Å². The van der Waals surface area contributed by atoms with Crippen molar-refractivity contribution in [1.82, 2.24) is 0 Å². The van der Waals surface area contributed by atoms with E-state index in [1.807, 2.05) is 0 Å². The number of rotatable bonds is 0. The van der Waals surface area contributed by atoms with E-state index in [0.29, 0.717) is 11.8 Å². The third-order valence-corrected chi connectivity index (χ3v) is 4.74. The van der Waals surface area contributed by atoms with Gasteiger partial charge in [0.25, 0.3) is 0 Å². The minimum absolute atomic E-state index is 0.714. The fraction of sp³-hybridized carbons (Fsp3) is 0.333. The third-order valence-electron chi connectivity index (χ3n) is 4.74. The van der Waals surface area contributed by atoms with Gasteiger partial charge in [-0.25, -0.2) is 0 Å². The summed E-state index contributed by atoms with van der Waals surface area (Å²) in [5, 5.41) is 0. The third kappa shape index (κ3) is 1.38. The number of hydrogen-bond donors (Lipinski definition) is 0. The molecule has 0 aromatic heterocycles. The number of fused-ring (bicyclic) bond motifs is 5. The van der Waals surface area contributed by atoms with Gasteiger partial charge in [0.2, 0.25) is 0 Å². The molecule has 1 fully saturated rings. The second-order valence-corrected chi connectivity index (χ2v) is 5.64. The fourth-order valence-electron chi connectivity index (χ4n) is 4.05. The number of benzene rings is 1. The molecule has 0 radical (unpaired) electrons. The Bertz CT molecular complexity index is 538. The summed E-state index contributed by atoms with van der Waals surface area (Å²) in [7, 11) is 0. The minimum atomic E-state index is 0.714. The van der Waals surface area contributed by atoms with Crippen molar-refractivity contribution in [2.45, 2.75) is 37.5 Å². The van der Waals surface area contributed by atoms with Gasteiger partial charge in [-0.15, -0.1) is 0 Å². The van der Waals surface area contributed by atoms with Crippen LogP contribution in [-0.2, 0) is 0 Å². The van der Waals surface area contributed by atoms with Crippen LogP contribution in [0.1, 0.15) is 48.6 Å². The molecular weight excluding hydrogens is 216 g/mol. The molecule has 4 rings (SSSR count). The molecule has 90 valence electrons. The molecular formula is C18H18. The zero-order valence-corrected chi connectivity index (χ0v) is 10.6. The van der Waals surface area contributed by atoms with E-state index < -0.39 is 0 Å². The van der Waals surface area contributed by atoms with Crippen LogP contribution in [0.15, 0.2) is 59.7 Å². The fourth-order valence-corrected chi connectivity index (χ4v) is 4.05. The van der Waals surface area contributed by atoms with Crippen LogP contribution in [-0.4, -0.2) is 0 Å². The normalized spacial score (nSPS) is 28.7. The average molecular weight is 234 g/mol. The lowest BCUT2D eigenvalue weighted by Gasteiger charge is -2.26. The Morgan fingerprint density at radius 1 is 0.889 bits per heavy atom. The van der Waals surface area contributed by atoms with E-state index in [-0.39, 0.29) is 0 Å². The first-order valence-electron chi connectivity index (χ1n) is 7.10. The van der Waals surface area contributed by atoms with Crippen molar-refractivity contribution in [3.63, 3.8) is 0 Å². The largest absolute Gasteiger partial charge is 0.0801 e. The summed E-state index contributed by atoms with van der Waals surface area (Å²) in [6.07, 6.45) is 14.2. The number of hydrogen-bond acceptors (Lipinski definition) is 0. The van der Waals surface area contributed by atoms with Crippen LogP contribution in [0.25, 0.3) is 0 Å². The molecule has 0 aliphatic heterocycles. The Hall–Kier alpha value is -1.56. The quantitative estimate of drug-likeness (QED) is 0.601. The van der Waals surface area contributed by atoms with Crippen molar-refractivity contribution in [3.8, 4) is 0 Å². The van der Waals surface area contributed by atoms with Crippen LogP contribution in [0.4, 0.5) is 0 Å². The van der Waals surface area contributed by atoms with Crippen molar-refractivity contribution < 1.29 is 0 Å². The maximum absolute atomic E-state index is 2.36. The number of allylic oxidation sites excluding steroid dienone is 6. The molecule has 0 saturated heterocycles. The van der Waals surface area contributed by atoms with Crippen molar-refractivity contribution in [1.29, 1.82) is 0 Å². The highest BCUT2D eigenvalue weighted by molar-refractivity contribution is 5.55. The van der Waals surface area contributed by atoms with Crippen molar-refractivity contribution in [3.05, 3.63) is 70.8 Å². The molecule has 1 saturated carbocycles. The highest BCUT2D eigenvalue weighted by atomic mass is 14.4. The first-order chi connectivity index (χ1) is 8.95. The molecule has 2 bridgehead atoms. The lowest BCUT2D eigenvalue weighted by Crippen LogP contribution is -2.09. The summed E-state index contributed by atoms with van der Waals surface area (Å²) in [5.74, 6) is 1.43. The van der Waals surface area contributed by atoms with E-state index in [2.05, 4.69) is 48.6 Å². The smallest absolute Gasteiger partial charge is 0.00632 e. The van der Waals surface area contributed by atoms with Gasteiger partial charge in [0.05, 0.1) is 0 Å². The lowest BCUT2D eigenvalue weighted by molar-refractivity contribution is 0.530. The monoisotopic (exact) mass is 234 g/mol. The molecule has 0 N–H and O–H groups in total. The van der Waals surface area contributed by atoms with Crippen LogP contribution in [0.2, 0.25) is 0 Å². The van der Waals surface area contributed by atoms with Crippen molar-refractivity contribution in [2.75, 3.05) is 0 Å². The molecule has 0 heteroatoms. The molecule has 2 unspecified atom stereocenters. The van der Waals surface area contributed by atoms with Gasteiger partial charge >= 0.3 is 0 Å². The lowest BCUT2D eigenvalue weighted by atomic mass is 9.78. The van der Waals surface area contributed by atoms with Crippen molar-refractivity contribution >= 4 is 0 Å². The second-order valence-electron chi connectivity index (χ2n) is 5.64. The standard InChI is InChI=1S/C18H18/c1-2-7-13(8-3-1)18-16-11-6-12-17(18)15-10-5-4-9-14(15)16/h1-5,7,9-10,16-17H,6,8,11-12H2. The summed E-state index contributed by atoms with van der Waals surface area (Å²) >= 11 is 0. The summed E-state index contributed by atoms with van der Waals surface area (Å²) in [6.45, 7) is 0. The highest BCUT2D eigenvalue weighted by Gasteiger charge is 2.39. The first-order valence-corrected chi connectivity index (χ1v) is 7.10. The van der Waals surface area contributed by atoms with Gasteiger partial charge in [0.1, 0.15) is 0 Å². The van der Waals surface area contributed by atoms with Gasteiger partial charge in [0.15, 0.2) is 0 Å². The molecule has 0 amide bonds. The van der Waals surface area contributed by atoms with Crippen LogP contribution < -0.4 is 0 Å². The summed E-state index contributed by atoms with van der Waals surface area (Å²) in [6, 6.07) is 9.12. The molecule has 0 heterocycles. The maximum atomic E-state index is 2.36. The van der Waals surface area contributed by atoms with E-state index in [1.54, 1.807) is 22.3 Å². The van der Waals surface area contributed by atoms with Gasteiger partial charge in [-0.3, -0.25) is 0 Å². The summed E-state index contributed by atoms with van der Waals surface area (Å²) in [4.78, 5) is 0. The van der Waals surface area contributed by atoms with Gasteiger partial charge in [-0.1, -0.05) is 60.6 Å². The van der Waals surface area contributed by atoms with Crippen LogP contribution in [0.5, 0.6) is 0 Å². The average Bonchev–Trinajstić information content (AvgIpc) is 2.65. The van der Waals surface area contributed by atoms with E-state index in [9.17, 15) is 0 Å². The Morgan fingerprint density at radius 2 is 1.61 bits per heavy atom. The topological polar surface area (TPSA) is 0 Å². The van der Waals surface area contributed by atoms with E-state index >= 15 is 0 Å². The van der Waals surface area contributed by atoms with E-state index in [0.717, 1.165) is 6.42 Å². The molecule has 3 aliphatic carbocycles. The molecule has 18 heavy (non-hydrogen) atoms. The zero-order chi connectivity index (χ0) is 11.9. The minimum Gasteiger partial charge on any atom is -0.0801 e. The molecule has 1 aromatic carbocycles. The molecule has 2 atom stereocenters. The van der Waals surface area contributed by atoms with E-state index in [1.165, 1.54) is 19.3 Å². The zero-order valence-electron chi connectivity index (χ0n) is 10.6. The predicted octanol–water partition coefficient (Wildman–Crippen LogP) is 4.86. The Morgan fingerprint density at radius 3 is 2.22 bits per heavy atom. The maximum Gasteiger partial charge on any atom is 0.00632 e. The highest BCUT2D eigenvalue weighted by Crippen LogP contribution is 2.55. The van der Waals surface area contributed by atoms with Crippen LogP contribution in [0.3, 0.4) is 0 Å². The van der Waals surface area contributed by atoms with E-state index in [4.69, 9.17) is 0 Å². The summed E-state index contributed by atoms with van der Waals surface area (Å²) < 4.78 is 0. The molecule has 3 aliphatic rings. The van der Waals surface area contributed by atoms with Gasteiger partial charge in [0, 0.05) is 11.8 Å². The van der Waals surface area contributed by atoms with Crippen LogP contribution in [0, 0.1) is 0 Å². The molecule has 1 aromatic rings. The van der Waals surface area contributed by atoms with Gasteiger partial charge in [-0.2, -0.15) is 0 Å². The van der Waals surface area contributed by atoms with Gasteiger partial charge < -0.3 is 0 Å². The Labute approximate surface area is 109 Å². The Balaban J connectivity index is 1.89. The Kier molecular flexibility index (Phi) is 2.29. The van der Waals surface area contributed by atoms with Crippen LogP contribution >= 0.6 is 0 Å². The SMILES string of the molecule is C1=CCC(=C2C3CCCC2c2ccccc23)C=C1. The summed E-state index contributed by atoms with van der Waals surface area (Å²) in [5.41, 5.74) is 6.56. The molecule has 0 nitrogen and oxygen atoms in total.